The van der Waals surface area contributed by atoms with Crippen molar-refractivity contribution in [3.8, 4) is 0 Å². The third kappa shape index (κ3) is 3.12. The van der Waals surface area contributed by atoms with E-state index in [0.29, 0.717) is 23.7 Å². The lowest BCUT2D eigenvalue weighted by Crippen LogP contribution is -2.44. The second kappa shape index (κ2) is 6.26. The minimum absolute atomic E-state index is 0.300. The lowest BCUT2D eigenvalue weighted by Gasteiger charge is -2.33. The number of benzene rings is 2. The Balaban J connectivity index is 1.78. The van der Waals surface area contributed by atoms with Crippen LogP contribution in [0.15, 0.2) is 70.2 Å². The first-order chi connectivity index (χ1) is 11.1. The predicted molar refractivity (Wildman–Crippen MR) is 88.4 cm³/mol. The molecule has 1 aliphatic rings. The van der Waals surface area contributed by atoms with E-state index >= 15 is 0 Å². The summed E-state index contributed by atoms with van der Waals surface area (Å²) in [7, 11) is -3.44. The van der Waals surface area contributed by atoms with Gasteiger partial charge in [-0.1, -0.05) is 53.7 Å². The molecule has 3 rings (SSSR count). The van der Waals surface area contributed by atoms with Crippen molar-refractivity contribution in [3.63, 3.8) is 0 Å². The average molecular weight is 326 g/mol. The Morgan fingerprint density at radius 1 is 1.04 bits per heavy atom. The fourth-order valence-corrected chi connectivity index (χ4v) is 3.85. The van der Waals surface area contributed by atoms with Gasteiger partial charge in [0.2, 0.25) is 10.0 Å². The van der Waals surface area contributed by atoms with Crippen LogP contribution in [-0.2, 0) is 10.0 Å². The molecule has 1 fully saturated rings. The molecule has 23 heavy (non-hydrogen) atoms. The lowest BCUT2D eigenvalue weighted by atomic mass is 10.1. The predicted octanol–water partition coefficient (Wildman–Crippen LogP) is 3.72. The highest BCUT2D eigenvalue weighted by molar-refractivity contribution is 7.89. The summed E-state index contributed by atoms with van der Waals surface area (Å²) in [4.78, 5) is 3.10. The van der Waals surface area contributed by atoms with E-state index in [-0.39, 0.29) is 0 Å². The second-order valence-electron chi connectivity index (χ2n) is 5.14. The van der Waals surface area contributed by atoms with Crippen LogP contribution < -0.4 is 0 Å². The molecule has 0 bridgehead atoms. The summed E-state index contributed by atoms with van der Waals surface area (Å²) in [5, 5.41) is 3.64. The summed E-state index contributed by atoms with van der Waals surface area (Å²) < 4.78 is 26.2. The van der Waals surface area contributed by atoms with Crippen molar-refractivity contribution in [3.05, 3.63) is 76.2 Å². The van der Waals surface area contributed by atoms with Crippen molar-refractivity contribution in [1.82, 2.24) is 4.31 Å². The third-order valence-corrected chi connectivity index (χ3v) is 5.39. The molecule has 0 radical (unpaired) electrons. The molecule has 0 spiro atoms. The van der Waals surface area contributed by atoms with Gasteiger partial charge >= 0.3 is 0 Å². The molecule has 0 amide bonds. The largest absolute Gasteiger partial charge is 0.243 e. The summed E-state index contributed by atoms with van der Waals surface area (Å²) >= 11 is 0. The van der Waals surface area contributed by atoms with Crippen LogP contribution in [0.5, 0.6) is 0 Å². The highest BCUT2D eigenvalue weighted by atomic mass is 32.2. The number of azide groups is 1. The molecule has 0 saturated carbocycles. The topological polar surface area (TPSA) is 86.1 Å². The molecule has 0 aromatic heterocycles. The SMILES string of the molecule is [N-]=[N+]=Nc1ccccc1C=C1CN(S(=O)(=O)c2ccccc2)C1. The minimum atomic E-state index is -3.44. The van der Waals surface area contributed by atoms with Crippen molar-refractivity contribution in [2.75, 3.05) is 13.1 Å². The standard InChI is InChI=1S/C16H14N4O2S/c17-19-18-16-9-5-4-6-14(16)10-13-11-20(12-13)23(21,22)15-7-2-1-3-8-15/h1-10H,11-12H2. The zero-order valence-electron chi connectivity index (χ0n) is 12.2. The molecule has 2 aromatic rings. The van der Waals surface area contributed by atoms with Gasteiger partial charge in [0.05, 0.1) is 4.90 Å². The van der Waals surface area contributed by atoms with Crippen LogP contribution in [0.3, 0.4) is 0 Å². The van der Waals surface area contributed by atoms with Crippen LogP contribution in [0.2, 0.25) is 0 Å². The van der Waals surface area contributed by atoms with Crippen LogP contribution in [0.1, 0.15) is 5.56 Å². The minimum Gasteiger partial charge on any atom is -0.207 e. The maximum atomic E-state index is 12.4. The molecule has 0 unspecified atom stereocenters. The van der Waals surface area contributed by atoms with Crippen LogP contribution in [0.25, 0.3) is 16.5 Å². The Morgan fingerprint density at radius 2 is 1.70 bits per heavy atom. The molecule has 1 heterocycles. The lowest BCUT2D eigenvalue weighted by molar-refractivity contribution is 0.394. The smallest absolute Gasteiger partial charge is 0.207 e. The Morgan fingerprint density at radius 3 is 2.39 bits per heavy atom. The summed E-state index contributed by atoms with van der Waals surface area (Å²) in [5.41, 5.74) is 10.9. The van der Waals surface area contributed by atoms with E-state index in [2.05, 4.69) is 10.0 Å². The van der Waals surface area contributed by atoms with E-state index in [4.69, 9.17) is 5.53 Å². The van der Waals surface area contributed by atoms with Gasteiger partial charge in [-0.2, -0.15) is 4.31 Å². The second-order valence-corrected chi connectivity index (χ2v) is 7.07. The molecule has 0 N–H and O–H groups in total. The number of hydrogen-bond acceptors (Lipinski definition) is 3. The first kappa shape index (κ1) is 15.3. The molecule has 7 heteroatoms. The highest BCUT2D eigenvalue weighted by Crippen LogP contribution is 2.28. The Kier molecular flexibility index (Phi) is 4.16. The number of sulfonamides is 1. The summed E-state index contributed by atoms with van der Waals surface area (Å²) in [6.45, 7) is 0.698. The van der Waals surface area contributed by atoms with Gasteiger partial charge in [0, 0.05) is 23.7 Å². The number of rotatable bonds is 4. The van der Waals surface area contributed by atoms with E-state index < -0.39 is 10.0 Å². The first-order valence-electron chi connectivity index (χ1n) is 7.00. The Labute approximate surface area is 134 Å². The molecule has 116 valence electrons. The number of hydrogen-bond donors (Lipinski definition) is 0. The summed E-state index contributed by atoms with van der Waals surface area (Å²) in [6, 6.07) is 15.6. The maximum absolute atomic E-state index is 12.4. The molecule has 1 aliphatic heterocycles. The molecular formula is C16H14N4O2S. The molecule has 0 atom stereocenters. The van der Waals surface area contributed by atoms with Gasteiger partial charge in [-0.05, 0) is 28.8 Å². The number of nitrogens with zero attached hydrogens (tertiary/aromatic N) is 4. The quantitative estimate of drug-likeness (QED) is 0.487. The van der Waals surface area contributed by atoms with Crippen LogP contribution in [-0.4, -0.2) is 25.8 Å². The summed E-state index contributed by atoms with van der Waals surface area (Å²) in [5.74, 6) is 0. The van der Waals surface area contributed by atoms with E-state index in [1.807, 2.05) is 18.2 Å². The zero-order valence-corrected chi connectivity index (χ0v) is 13.0. The van der Waals surface area contributed by atoms with Crippen LogP contribution in [0.4, 0.5) is 5.69 Å². The highest BCUT2D eigenvalue weighted by Gasteiger charge is 2.32. The van der Waals surface area contributed by atoms with Gasteiger partial charge in [0.15, 0.2) is 0 Å². The average Bonchev–Trinajstić information content (AvgIpc) is 2.53. The first-order valence-corrected chi connectivity index (χ1v) is 8.44. The monoisotopic (exact) mass is 326 g/mol. The van der Waals surface area contributed by atoms with Gasteiger partial charge in [0.1, 0.15) is 0 Å². The van der Waals surface area contributed by atoms with Crippen molar-refractivity contribution in [1.29, 1.82) is 0 Å². The van der Waals surface area contributed by atoms with E-state index in [1.165, 1.54) is 4.31 Å². The molecule has 2 aromatic carbocycles. The van der Waals surface area contributed by atoms with Gasteiger partial charge < -0.3 is 0 Å². The summed E-state index contributed by atoms with van der Waals surface area (Å²) in [6.07, 6.45) is 1.88. The van der Waals surface area contributed by atoms with Crippen LogP contribution >= 0.6 is 0 Å². The Bertz CT molecular complexity index is 893. The fourth-order valence-electron chi connectivity index (χ4n) is 2.38. The van der Waals surface area contributed by atoms with Crippen molar-refractivity contribution in [2.45, 2.75) is 4.90 Å². The third-order valence-electron chi connectivity index (χ3n) is 3.59. The van der Waals surface area contributed by atoms with Gasteiger partial charge in [-0.15, -0.1) is 0 Å². The van der Waals surface area contributed by atoms with Crippen molar-refractivity contribution in [2.24, 2.45) is 5.11 Å². The van der Waals surface area contributed by atoms with Crippen molar-refractivity contribution < 1.29 is 8.42 Å². The Hall–Kier alpha value is -2.60. The van der Waals surface area contributed by atoms with Gasteiger partial charge in [0.25, 0.3) is 0 Å². The van der Waals surface area contributed by atoms with Gasteiger partial charge in [-0.3, -0.25) is 0 Å². The maximum Gasteiger partial charge on any atom is 0.243 e. The van der Waals surface area contributed by atoms with Crippen LogP contribution in [0, 0.1) is 0 Å². The molecular weight excluding hydrogens is 312 g/mol. The van der Waals surface area contributed by atoms with E-state index in [1.54, 1.807) is 42.5 Å². The molecule has 0 aliphatic carbocycles. The van der Waals surface area contributed by atoms with E-state index in [0.717, 1.165) is 11.1 Å². The molecule has 1 saturated heterocycles. The van der Waals surface area contributed by atoms with E-state index in [9.17, 15) is 8.42 Å². The molecule has 6 nitrogen and oxygen atoms in total. The fraction of sp³-hybridized carbons (Fsp3) is 0.125. The zero-order chi connectivity index (χ0) is 16.3. The normalized spacial score (nSPS) is 14.7. The van der Waals surface area contributed by atoms with Crippen molar-refractivity contribution >= 4 is 21.8 Å². The van der Waals surface area contributed by atoms with Gasteiger partial charge in [-0.25, -0.2) is 8.42 Å².